The van der Waals surface area contributed by atoms with Gasteiger partial charge < -0.3 is 5.32 Å². The van der Waals surface area contributed by atoms with Gasteiger partial charge in [0.15, 0.2) is 0 Å². The highest BCUT2D eigenvalue weighted by Crippen LogP contribution is 2.13. The lowest BCUT2D eigenvalue weighted by molar-refractivity contribution is 0.345. The summed E-state index contributed by atoms with van der Waals surface area (Å²) in [5.41, 5.74) is 2.42. The SMILES string of the molecule is Cc1ncncc1CC1CNC1. The Morgan fingerprint density at radius 1 is 1.58 bits per heavy atom. The zero-order chi connectivity index (χ0) is 8.39. The average molecular weight is 163 g/mol. The Morgan fingerprint density at radius 2 is 2.42 bits per heavy atom. The van der Waals surface area contributed by atoms with E-state index in [0.717, 1.165) is 31.1 Å². The van der Waals surface area contributed by atoms with Crippen LogP contribution in [0.2, 0.25) is 0 Å². The van der Waals surface area contributed by atoms with Crippen LogP contribution in [0, 0.1) is 12.8 Å². The lowest BCUT2D eigenvalue weighted by Crippen LogP contribution is -2.43. The smallest absolute Gasteiger partial charge is 0.115 e. The van der Waals surface area contributed by atoms with E-state index in [4.69, 9.17) is 0 Å². The molecule has 0 bridgehead atoms. The summed E-state index contributed by atoms with van der Waals surface area (Å²) in [6.07, 6.45) is 4.66. The third-order valence-electron chi connectivity index (χ3n) is 2.39. The number of rotatable bonds is 2. The molecule has 3 heteroatoms. The van der Waals surface area contributed by atoms with Gasteiger partial charge >= 0.3 is 0 Å². The number of nitrogens with zero attached hydrogens (tertiary/aromatic N) is 2. The van der Waals surface area contributed by atoms with Crippen LogP contribution in [-0.4, -0.2) is 23.1 Å². The summed E-state index contributed by atoms with van der Waals surface area (Å²) in [4.78, 5) is 8.18. The Balaban J connectivity index is 2.06. The summed E-state index contributed by atoms with van der Waals surface area (Å²) in [6.45, 7) is 4.34. The van der Waals surface area contributed by atoms with Crippen molar-refractivity contribution in [2.75, 3.05) is 13.1 Å². The molecule has 1 aromatic rings. The zero-order valence-corrected chi connectivity index (χ0v) is 7.25. The van der Waals surface area contributed by atoms with Gasteiger partial charge in [0.1, 0.15) is 6.33 Å². The highest BCUT2D eigenvalue weighted by Gasteiger charge is 2.17. The molecule has 1 aromatic heterocycles. The molecule has 1 fully saturated rings. The predicted octanol–water partition coefficient (Wildman–Crippen LogP) is 0.547. The van der Waals surface area contributed by atoms with Crippen molar-refractivity contribution >= 4 is 0 Å². The first kappa shape index (κ1) is 7.68. The van der Waals surface area contributed by atoms with Gasteiger partial charge in [0.25, 0.3) is 0 Å². The van der Waals surface area contributed by atoms with Gasteiger partial charge in [-0.2, -0.15) is 0 Å². The van der Waals surface area contributed by atoms with Crippen LogP contribution in [0.25, 0.3) is 0 Å². The molecular formula is C9H13N3. The fourth-order valence-electron chi connectivity index (χ4n) is 1.42. The van der Waals surface area contributed by atoms with Crippen molar-refractivity contribution < 1.29 is 0 Å². The second-order valence-corrected chi connectivity index (χ2v) is 3.36. The molecule has 64 valence electrons. The van der Waals surface area contributed by atoms with Crippen molar-refractivity contribution in [1.29, 1.82) is 0 Å². The van der Waals surface area contributed by atoms with Gasteiger partial charge in [-0.1, -0.05) is 0 Å². The van der Waals surface area contributed by atoms with Crippen LogP contribution >= 0.6 is 0 Å². The molecule has 0 amide bonds. The molecule has 1 N–H and O–H groups in total. The van der Waals surface area contributed by atoms with Gasteiger partial charge in [-0.3, -0.25) is 0 Å². The molecule has 0 spiro atoms. The molecule has 0 unspecified atom stereocenters. The molecule has 0 aliphatic carbocycles. The van der Waals surface area contributed by atoms with Crippen LogP contribution in [0.4, 0.5) is 0 Å². The zero-order valence-electron chi connectivity index (χ0n) is 7.25. The summed E-state index contributed by atoms with van der Waals surface area (Å²) in [7, 11) is 0. The van der Waals surface area contributed by atoms with Crippen LogP contribution in [0.1, 0.15) is 11.3 Å². The van der Waals surface area contributed by atoms with E-state index in [9.17, 15) is 0 Å². The first-order valence-electron chi connectivity index (χ1n) is 4.32. The fourth-order valence-corrected chi connectivity index (χ4v) is 1.42. The van der Waals surface area contributed by atoms with Crippen LogP contribution in [-0.2, 0) is 6.42 Å². The van der Waals surface area contributed by atoms with Crippen molar-refractivity contribution in [1.82, 2.24) is 15.3 Å². The first-order valence-corrected chi connectivity index (χ1v) is 4.32. The third kappa shape index (κ3) is 1.46. The maximum Gasteiger partial charge on any atom is 0.115 e. The van der Waals surface area contributed by atoms with Crippen LogP contribution in [0.15, 0.2) is 12.5 Å². The van der Waals surface area contributed by atoms with E-state index in [2.05, 4.69) is 15.3 Å². The standard InChI is InChI=1S/C9H13N3/c1-7-9(5-11-6-12-7)2-8-3-10-4-8/h5-6,8,10H,2-4H2,1H3. The molecule has 12 heavy (non-hydrogen) atoms. The lowest BCUT2D eigenvalue weighted by Gasteiger charge is -2.27. The van der Waals surface area contributed by atoms with Crippen LogP contribution < -0.4 is 5.32 Å². The Bertz CT molecular complexity index is 268. The largest absolute Gasteiger partial charge is 0.316 e. The molecule has 3 nitrogen and oxygen atoms in total. The molecule has 0 aromatic carbocycles. The second-order valence-electron chi connectivity index (χ2n) is 3.36. The summed E-state index contributed by atoms with van der Waals surface area (Å²) < 4.78 is 0. The van der Waals surface area contributed by atoms with Gasteiger partial charge in [-0.05, 0) is 37.9 Å². The van der Waals surface area contributed by atoms with Crippen LogP contribution in [0.3, 0.4) is 0 Å². The van der Waals surface area contributed by atoms with Gasteiger partial charge in [0.05, 0.1) is 0 Å². The average Bonchev–Trinajstić information content (AvgIpc) is 2.00. The maximum absolute atomic E-state index is 4.16. The number of hydrogen-bond donors (Lipinski definition) is 1. The van der Waals surface area contributed by atoms with Crippen molar-refractivity contribution in [3.05, 3.63) is 23.8 Å². The van der Waals surface area contributed by atoms with E-state index in [-0.39, 0.29) is 0 Å². The Kier molecular flexibility index (Phi) is 2.04. The van der Waals surface area contributed by atoms with Crippen molar-refractivity contribution in [2.24, 2.45) is 5.92 Å². The van der Waals surface area contributed by atoms with Gasteiger partial charge in [-0.15, -0.1) is 0 Å². The van der Waals surface area contributed by atoms with E-state index in [0.29, 0.717) is 0 Å². The molecule has 0 saturated carbocycles. The number of aryl methyl sites for hydroxylation is 1. The molecule has 1 aliphatic rings. The summed E-state index contributed by atoms with van der Waals surface area (Å²) >= 11 is 0. The number of nitrogens with one attached hydrogen (secondary N) is 1. The van der Waals surface area contributed by atoms with E-state index in [1.54, 1.807) is 6.33 Å². The predicted molar refractivity (Wildman–Crippen MR) is 46.8 cm³/mol. The lowest BCUT2D eigenvalue weighted by atomic mass is 9.95. The summed E-state index contributed by atoms with van der Waals surface area (Å²) in [6, 6.07) is 0. The fraction of sp³-hybridized carbons (Fsp3) is 0.556. The third-order valence-corrected chi connectivity index (χ3v) is 2.39. The Morgan fingerprint density at radius 3 is 3.00 bits per heavy atom. The van der Waals surface area contributed by atoms with Crippen molar-refractivity contribution in [3.63, 3.8) is 0 Å². The van der Waals surface area contributed by atoms with Gasteiger partial charge in [-0.25, -0.2) is 9.97 Å². The van der Waals surface area contributed by atoms with E-state index in [1.165, 1.54) is 5.56 Å². The molecule has 1 aliphatic heterocycles. The normalized spacial score (nSPS) is 17.4. The summed E-state index contributed by atoms with van der Waals surface area (Å²) in [5, 5.41) is 3.26. The number of hydrogen-bond acceptors (Lipinski definition) is 3. The monoisotopic (exact) mass is 163 g/mol. The Labute approximate surface area is 72.2 Å². The topological polar surface area (TPSA) is 37.8 Å². The molecular weight excluding hydrogens is 150 g/mol. The second kappa shape index (κ2) is 3.19. The molecule has 2 heterocycles. The quantitative estimate of drug-likeness (QED) is 0.691. The van der Waals surface area contributed by atoms with Crippen molar-refractivity contribution in [2.45, 2.75) is 13.3 Å². The molecule has 0 radical (unpaired) electrons. The maximum atomic E-state index is 4.16. The highest BCUT2D eigenvalue weighted by atomic mass is 14.9. The van der Waals surface area contributed by atoms with E-state index < -0.39 is 0 Å². The molecule has 1 saturated heterocycles. The summed E-state index contributed by atoms with van der Waals surface area (Å²) in [5.74, 6) is 0.801. The minimum Gasteiger partial charge on any atom is -0.316 e. The first-order chi connectivity index (χ1) is 5.86. The number of aromatic nitrogens is 2. The minimum atomic E-state index is 0.801. The van der Waals surface area contributed by atoms with Gasteiger partial charge in [0, 0.05) is 11.9 Å². The molecule has 2 rings (SSSR count). The Hall–Kier alpha value is -0.960. The molecule has 0 atom stereocenters. The van der Waals surface area contributed by atoms with Gasteiger partial charge in [0.2, 0.25) is 0 Å². The minimum absolute atomic E-state index is 0.801. The van der Waals surface area contributed by atoms with E-state index >= 15 is 0 Å². The van der Waals surface area contributed by atoms with Crippen molar-refractivity contribution in [3.8, 4) is 0 Å². The van der Waals surface area contributed by atoms with E-state index in [1.807, 2.05) is 13.1 Å². The highest BCUT2D eigenvalue weighted by molar-refractivity contribution is 5.15. The van der Waals surface area contributed by atoms with Crippen LogP contribution in [0.5, 0.6) is 0 Å².